The highest BCUT2D eigenvalue weighted by molar-refractivity contribution is 5.68. The average Bonchev–Trinajstić information content (AvgIpc) is 3.60. The molecule has 0 bridgehead atoms. The Morgan fingerprint density at radius 1 is 1.13 bits per heavy atom. The molecule has 6 rings (SSSR count). The number of aliphatic hydroxyl groups is 1. The van der Waals surface area contributed by atoms with Gasteiger partial charge in [0, 0.05) is 11.7 Å². The summed E-state index contributed by atoms with van der Waals surface area (Å²) < 4.78 is 2.02. The van der Waals surface area contributed by atoms with Crippen molar-refractivity contribution in [3.8, 4) is 17.5 Å². The highest BCUT2D eigenvalue weighted by Crippen LogP contribution is 2.42. The van der Waals surface area contributed by atoms with Gasteiger partial charge in [-0.25, -0.2) is 15.0 Å². The van der Waals surface area contributed by atoms with Gasteiger partial charge in [-0.2, -0.15) is 5.26 Å². The number of benzene rings is 1. The lowest BCUT2D eigenvalue weighted by molar-refractivity contribution is 0.0158. The zero-order chi connectivity index (χ0) is 26.4. The second-order valence-corrected chi connectivity index (χ2v) is 11.0. The topological polar surface area (TPSA) is 102 Å². The molecular weight excluding hydrogens is 474 g/mol. The molecule has 4 heterocycles. The highest BCUT2D eigenvalue weighted by Gasteiger charge is 2.41. The van der Waals surface area contributed by atoms with Gasteiger partial charge in [0.05, 0.1) is 35.8 Å². The van der Waals surface area contributed by atoms with Crippen LogP contribution in [0.2, 0.25) is 0 Å². The second-order valence-electron chi connectivity index (χ2n) is 11.0. The van der Waals surface area contributed by atoms with Crippen LogP contribution in [-0.2, 0) is 0 Å². The van der Waals surface area contributed by atoms with Crippen molar-refractivity contribution in [2.24, 2.45) is 0 Å². The van der Waals surface area contributed by atoms with Crippen LogP contribution in [0.25, 0.3) is 17.0 Å². The van der Waals surface area contributed by atoms with Gasteiger partial charge in [-0.3, -0.25) is 9.30 Å². The zero-order valence-corrected chi connectivity index (χ0v) is 22.1. The van der Waals surface area contributed by atoms with Gasteiger partial charge >= 0.3 is 0 Å². The normalized spacial score (nSPS) is 21.3. The van der Waals surface area contributed by atoms with Crippen molar-refractivity contribution in [2.45, 2.75) is 63.1 Å². The van der Waals surface area contributed by atoms with Crippen molar-refractivity contribution in [3.05, 3.63) is 77.2 Å². The van der Waals surface area contributed by atoms with E-state index in [4.69, 9.17) is 4.98 Å². The average molecular weight is 508 g/mol. The summed E-state index contributed by atoms with van der Waals surface area (Å²) in [5.41, 5.74) is 5.67. The number of nitrogens with zero attached hydrogens (tertiary/aromatic N) is 6. The summed E-state index contributed by atoms with van der Waals surface area (Å²) in [5, 5.41) is 24.3. The van der Waals surface area contributed by atoms with Gasteiger partial charge in [-0.05, 0) is 81.8 Å². The van der Waals surface area contributed by atoms with E-state index >= 15 is 0 Å². The van der Waals surface area contributed by atoms with Crippen LogP contribution in [0.15, 0.2) is 55.0 Å². The first-order chi connectivity index (χ1) is 18.4. The van der Waals surface area contributed by atoms with E-state index < -0.39 is 6.10 Å². The number of aliphatic hydroxyl groups excluding tert-OH is 1. The second kappa shape index (κ2) is 9.50. The molecule has 2 fully saturated rings. The van der Waals surface area contributed by atoms with E-state index in [2.05, 4.69) is 53.2 Å². The van der Waals surface area contributed by atoms with E-state index in [0.717, 1.165) is 41.9 Å². The summed E-state index contributed by atoms with van der Waals surface area (Å²) in [5.74, 6) is 1.02. The number of likely N-dealkylation sites (tertiary alicyclic amines) is 1. The molecule has 1 saturated heterocycles. The monoisotopic (exact) mass is 507 g/mol. The number of hydrogen-bond donors (Lipinski definition) is 2. The molecule has 1 aliphatic carbocycles. The summed E-state index contributed by atoms with van der Waals surface area (Å²) in [6.45, 7) is 5.20. The highest BCUT2D eigenvalue weighted by atomic mass is 16.3. The number of rotatable bonds is 7. The Hall–Kier alpha value is -3.80. The summed E-state index contributed by atoms with van der Waals surface area (Å²) in [7, 11) is 2.08. The Balaban J connectivity index is 1.24. The number of nitriles is 1. The molecule has 38 heavy (non-hydrogen) atoms. The fraction of sp³-hybridized carbons (Fsp3) is 0.400. The molecule has 1 saturated carbocycles. The van der Waals surface area contributed by atoms with E-state index in [9.17, 15) is 10.4 Å². The van der Waals surface area contributed by atoms with Crippen LogP contribution in [0.3, 0.4) is 0 Å². The molecule has 194 valence electrons. The Morgan fingerprint density at radius 2 is 1.89 bits per heavy atom. The number of fused-ring (bicyclic) bond motifs is 1. The molecule has 0 spiro atoms. The van der Waals surface area contributed by atoms with Crippen LogP contribution in [0.4, 0.5) is 5.95 Å². The smallest absolute Gasteiger partial charge is 0.223 e. The Bertz CT molecular complexity index is 1520. The quantitative estimate of drug-likeness (QED) is 0.353. The minimum absolute atomic E-state index is 0.0737. The standard InChI is InChI=1S/C30H33N7O/c1-19(20-7-11-22(12-8-20)27(38)30(2)13-5-14-36(30)3)34-29-33-17-23(16-31)26(35-29)25-18-32-28-24(21-9-10-21)6-4-15-37(25)28/h4,6-8,11-12,15,17-19,21,27,38H,5,9-10,13-14H2,1-3H3,(H,33,34,35)/t19-,27?,30-/m0/s1. The summed E-state index contributed by atoms with van der Waals surface area (Å²) in [6, 6.07) is 14.4. The Labute approximate surface area is 223 Å². The first kappa shape index (κ1) is 24.5. The molecule has 8 nitrogen and oxygen atoms in total. The van der Waals surface area contributed by atoms with Crippen LogP contribution < -0.4 is 5.32 Å². The van der Waals surface area contributed by atoms with Crippen LogP contribution in [-0.4, -0.2) is 48.5 Å². The Morgan fingerprint density at radius 3 is 2.58 bits per heavy atom. The number of hydrogen-bond acceptors (Lipinski definition) is 7. The van der Waals surface area contributed by atoms with Gasteiger partial charge in [0.2, 0.25) is 5.95 Å². The lowest BCUT2D eigenvalue weighted by atomic mass is 9.86. The van der Waals surface area contributed by atoms with E-state index in [-0.39, 0.29) is 11.6 Å². The van der Waals surface area contributed by atoms with Gasteiger partial charge < -0.3 is 10.4 Å². The largest absolute Gasteiger partial charge is 0.386 e. The van der Waals surface area contributed by atoms with E-state index in [0.29, 0.717) is 23.1 Å². The van der Waals surface area contributed by atoms with E-state index in [1.54, 1.807) is 12.4 Å². The SMILES string of the molecule is C[C@H](Nc1ncc(C#N)c(-c2cnc3c(C4CC4)cccn23)n1)c1ccc(C(O)[C@]2(C)CCCN2C)cc1. The van der Waals surface area contributed by atoms with Crippen LogP contribution in [0, 0.1) is 11.3 Å². The number of aromatic nitrogens is 4. The van der Waals surface area contributed by atoms with Crippen LogP contribution >= 0.6 is 0 Å². The molecule has 2 aliphatic rings. The molecule has 4 aromatic rings. The van der Waals surface area contributed by atoms with Crippen molar-refractivity contribution in [1.82, 2.24) is 24.3 Å². The maximum absolute atomic E-state index is 11.1. The molecular formula is C30H33N7O. The van der Waals surface area contributed by atoms with Crippen molar-refractivity contribution < 1.29 is 5.11 Å². The van der Waals surface area contributed by atoms with E-state index in [1.165, 1.54) is 18.4 Å². The number of nitrogens with one attached hydrogen (secondary N) is 1. The maximum Gasteiger partial charge on any atom is 0.223 e. The summed E-state index contributed by atoms with van der Waals surface area (Å²) >= 11 is 0. The molecule has 1 aromatic carbocycles. The third-order valence-electron chi connectivity index (χ3n) is 8.47. The first-order valence-corrected chi connectivity index (χ1v) is 13.4. The van der Waals surface area contributed by atoms with E-state index in [1.807, 2.05) is 40.9 Å². The number of imidazole rings is 1. The fourth-order valence-electron chi connectivity index (χ4n) is 5.72. The van der Waals surface area contributed by atoms with Gasteiger partial charge in [-0.1, -0.05) is 30.3 Å². The molecule has 3 atom stereocenters. The molecule has 8 heteroatoms. The lowest BCUT2D eigenvalue weighted by Crippen LogP contribution is -2.43. The fourth-order valence-corrected chi connectivity index (χ4v) is 5.72. The molecule has 3 aromatic heterocycles. The summed E-state index contributed by atoms with van der Waals surface area (Å²) in [4.78, 5) is 16.1. The number of anilines is 1. The van der Waals surface area contributed by atoms with Crippen molar-refractivity contribution in [3.63, 3.8) is 0 Å². The predicted molar refractivity (Wildman–Crippen MR) is 147 cm³/mol. The van der Waals surface area contributed by atoms with Gasteiger partial charge in [0.1, 0.15) is 17.4 Å². The number of likely N-dealkylation sites (N-methyl/N-ethyl adjacent to an activating group) is 1. The molecule has 1 unspecified atom stereocenters. The van der Waals surface area contributed by atoms with Crippen LogP contribution in [0.5, 0.6) is 0 Å². The molecule has 1 aliphatic heterocycles. The maximum atomic E-state index is 11.1. The zero-order valence-electron chi connectivity index (χ0n) is 22.1. The van der Waals surface area contributed by atoms with Gasteiger partial charge in [0.15, 0.2) is 0 Å². The lowest BCUT2D eigenvalue weighted by Gasteiger charge is -2.37. The first-order valence-electron chi connectivity index (χ1n) is 13.4. The third-order valence-corrected chi connectivity index (χ3v) is 8.47. The third kappa shape index (κ3) is 4.22. The van der Waals surface area contributed by atoms with Crippen molar-refractivity contribution >= 4 is 11.6 Å². The summed E-state index contributed by atoms with van der Waals surface area (Å²) in [6.07, 6.45) is 9.28. The number of pyridine rings is 1. The molecule has 0 amide bonds. The molecule has 0 radical (unpaired) electrons. The van der Waals surface area contributed by atoms with Crippen LogP contribution in [0.1, 0.15) is 79.8 Å². The van der Waals surface area contributed by atoms with Crippen molar-refractivity contribution in [2.75, 3.05) is 18.9 Å². The molecule has 2 N–H and O–H groups in total. The minimum atomic E-state index is -0.539. The predicted octanol–water partition coefficient (Wildman–Crippen LogP) is 5.23. The Kier molecular flexibility index (Phi) is 6.13. The van der Waals surface area contributed by atoms with Gasteiger partial charge in [0.25, 0.3) is 0 Å². The van der Waals surface area contributed by atoms with Crippen molar-refractivity contribution in [1.29, 1.82) is 5.26 Å². The van der Waals surface area contributed by atoms with Gasteiger partial charge in [-0.15, -0.1) is 0 Å². The minimum Gasteiger partial charge on any atom is -0.386 e.